The second-order valence-corrected chi connectivity index (χ2v) is 20.7. The maximum Gasteiger partial charge on any atom is 0.0755 e. The Kier molecular flexibility index (Phi) is 9.20. The number of nitrogens with zero attached hydrogens (tertiary/aromatic N) is 2. The van der Waals surface area contributed by atoms with Gasteiger partial charge in [0.05, 0.1) is 22.2 Å². The SMILES string of the molecule is c1ccc(-c2cccc(N(c3ccc4c(c3)C3(c5ccccc5-c5ccccc53)c3ccccc3-4)c3cc(-c4ccccc4)c4c(c3)C3(c5ccccc5)c5ccccc5N(c5ccccc5)c5cccc-4c53)c2)cc1. The lowest BCUT2D eigenvalue weighted by atomic mass is 9.64. The number of rotatable bonds is 7. The highest BCUT2D eigenvalue weighted by Crippen LogP contribution is 2.68. The van der Waals surface area contributed by atoms with Gasteiger partial charge in [0.15, 0.2) is 0 Å². The van der Waals surface area contributed by atoms with E-state index in [2.05, 4.69) is 301 Å². The topological polar surface area (TPSA) is 6.48 Å². The van der Waals surface area contributed by atoms with Crippen molar-refractivity contribution in [1.29, 1.82) is 0 Å². The van der Waals surface area contributed by atoms with Crippen LogP contribution in [0.1, 0.15) is 44.5 Å². The first-order chi connectivity index (χ1) is 37.7. The number of anilines is 6. The van der Waals surface area contributed by atoms with Gasteiger partial charge in [0, 0.05) is 28.3 Å². The Bertz CT molecular complexity index is 4230. The van der Waals surface area contributed by atoms with Crippen LogP contribution in [-0.4, -0.2) is 0 Å². The molecule has 3 aliphatic carbocycles. The Hall–Kier alpha value is -9.76. The smallest absolute Gasteiger partial charge is 0.0755 e. The van der Waals surface area contributed by atoms with Crippen LogP contribution in [-0.2, 0) is 10.8 Å². The van der Waals surface area contributed by atoms with Crippen molar-refractivity contribution in [2.75, 3.05) is 9.80 Å². The van der Waals surface area contributed by atoms with Gasteiger partial charge in [-0.25, -0.2) is 0 Å². The van der Waals surface area contributed by atoms with Crippen molar-refractivity contribution in [2.24, 2.45) is 0 Å². The molecule has 16 rings (SSSR count). The van der Waals surface area contributed by atoms with Gasteiger partial charge < -0.3 is 9.80 Å². The molecular weight excluding hydrogens is 917 g/mol. The Morgan fingerprint density at radius 2 is 0.750 bits per heavy atom. The fourth-order valence-corrected chi connectivity index (χ4v) is 14.2. The first-order valence-corrected chi connectivity index (χ1v) is 26.5. The van der Waals surface area contributed by atoms with Crippen molar-refractivity contribution >= 4 is 34.1 Å². The van der Waals surface area contributed by atoms with Crippen LogP contribution in [0.5, 0.6) is 0 Å². The summed E-state index contributed by atoms with van der Waals surface area (Å²) in [5, 5.41) is 0. The van der Waals surface area contributed by atoms with E-state index in [0.717, 1.165) is 28.3 Å². The van der Waals surface area contributed by atoms with Gasteiger partial charge in [-0.2, -0.15) is 0 Å². The number of benzene rings is 12. The highest BCUT2D eigenvalue weighted by atomic mass is 15.2. The van der Waals surface area contributed by atoms with Crippen molar-refractivity contribution < 1.29 is 0 Å². The van der Waals surface area contributed by atoms with Crippen molar-refractivity contribution in [3.05, 3.63) is 336 Å². The first-order valence-electron chi connectivity index (χ1n) is 26.5. The van der Waals surface area contributed by atoms with Crippen molar-refractivity contribution in [3.63, 3.8) is 0 Å². The van der Waals surface area contributed by atoms with Crippen LogP contribution in [0.4, 0.5) is 34.1 Å². The fraction of sp³-hybridized carbons (Fsp3) is 0.0270. The van der Waals surface area contributed by atoms with E-state index < -0.39 is 10.8 Å². The van der Waals surface area contributed by atoms with Gasteiger partial charge in [0.2, 0.25) is 0 Å². The molecule has 354 valence electrons. The molecule has 1 unspecified atom stereocenters. The van der Waals surface area contributed by atoms with Crippen LogP contribution in [0, 0.1) is 0 Å². The number of para-hydroxylation sites is 2. The first kappa shape index (κ1) is 42.7. The second-order valence-electron chi connectivity index (χ2n) is 20.7. The summed E-state index contributed by atoms with van der Waals surface area (Å²) in [7, 11) is 0. The molecule has 4 aliphatic rings. The van der Waals surface area contributed by atoms with Crippen molar-refractivity contribution in [2.45, 2.75) is 10.8 Å². The maximum absolute atomic E-state index is 2.56. The third-order valence-corrected chi connectivity index (χ3v) is 17.0. The average Bonchev–Trinajstić information content (AvgIpc) is 4.11. The van der Waals surface area contributed by atoms with Crippen LogP contribution in [0.2, 0.25) is 0 Å². The number of hydrogen-bond donors (Lipinski definition) is 0. The quantitative estimate of drug-likeness (QED) is 0.157. The van der Waals surface area contributed by atoms with Gasteiger partial charge >= 0.3 is 0 Å². The van der Waals surface area contributed by atoms with Gasteiger partial charge in [-0.15, -0.1) is 0 Å². The summed E-state index contributed by atoms with van der Waals surface area (Å²) in [5.74, 6) is 0. The molecule has 1 spiro atoms. The minimum Gasteiger partial charge on any atom is -0.310 e. The standard InChI is InChI=1S/C74H48N2/c1-5-23-49(24-6-1)51-27-21-32-54(45-51)75(55-43-44-60-59-35-15-18-39-65(59)74(67(60)47-55)63-37-16-13-33-57(63)58-34-14-17-38-64(58)74)56-46-62(50-25-7-2-8-26-50)71-61-36-22-42-70-72(61)73(68(71)48-56,52-28-9-3-10-29-52)66-40-19-20-41-69(66)76(70)53-30-11-4-12-31-53/h1-48H. The van der Waals surface area contributed by atoms with Crippen LogP contribution < -0.4 is 9.80 Å². The highest BCUT2D eigenvalue weighted by Gasteiger charge is 2.54. The van der Waals surface area contributed by atoms with Crippen molar-refractivity contribution in [3.8, 4) is 55.6 Å². The highest BCUT2D eigenvalue weighted by molar-refractivity contribution is 6.05. The van der Waals surface area contributed by atoms with Crippen LogP contribution in [0.25, 0.3) is 55.6 Å². The Morgan fingerprint density at radius 3 is 1.42 bits per heavy atom. The number of hydrogen-bond acceptors (Lipinski definition) is 2. The monoisotopic (exact) mass is 964 g/mol. The van der Waals surface area contributed by atoms with E-state index in [1.807, 2.05) is 0 Å². The van der Waals surface area contributed by atoms with E-state index in [9.17, 15) is 0 Å². The molecule has 0 aromatic heterocycles. The molecule has 12 aromatic rings. The van der Waals surface area contributed by atoms with E-state index in [1.54, 1.807) is 0 Å². The summed E-state index contributed by atoms with van der Waals surface area (Å²) in [4.78, 5) is 5.04. The van der Waals surface area contributed by atoms with E-state index in [-0.39, 0.29) is 0 Å². The summed E-state index contributed by atoms with van der Waals surface area (Å²) in [5.41, 5.74) is 28.4. The summed E-state index contributed by atoms with van der Waals surface area (Å²) in [6.07, 6.45) is 0. The van der Waals surface area contributed by atoms with Gasteiger partial charge in [-0.3, -0.25) is 0 Å². The molecule has 0 bridgehead atoms. The predicted octanol–water partition coefficient (Wildman–Crippen LogP) is 19.0. The molecule has 12 aromatic carbocycles. The molecule has 0 radical (unpaired) electrons. The Morgan fingerprint density at radius 1 is 0.263 bits per heavy atom. The number of fused-ring (bicyclic) bond motifs is 15. The van der Waals surface area contributed by atoms with Gasteiger partial charge in [0.1, 0.15) is 0 Å². The second kappa shape index (κ2) is 16.4. The molecule has 0 amide bonds. The molecule has 1 heterocycles. The minimum absolute atomic E-state index is 0.508. The molecule has 76 heavy (non-hydrogen) atoms. The summed E-state index contributed by atoms with van der Waals surface area (Å²) >= 11 is 0. The Labute approximate surface area is 443 Å². The van der Waals surface area contributed by atoms with Crippen molar-refractivity contribution in [1.82, 2.24) is 0 Å². The zero-order chi connectivity index (χ0) is 50.0. The largest absolute Gasteiger partial charge is 0.310 e. The molecular formula is C74H48N2. The van der Waals surface area contributed by atoms with E-state index in [0.29, 0.717) is 0 Å². The molecule has 0 N–H and O–H groups in total. The predicted molar refractivity (Wildman–Crippen MR) is 314 cm³/mol. The molecule has 0 saturated carbocycles. The molecule has 1 aliphatic heterocycles. The maximum atomic E-state index is 2.56. The van der Waals surface area contributed by atoms with Crippen LogP contribution in [0.15, 0.2) is 291 Å². The lowest BCUT2D eigenvalue weighted by Gasteiger charge is -2.44. The molecule has 1 atom stereocenters. The average molecular weight is 965 g/mol. The Balaban J connectivity index is 1.02. The third-order valence-electron chi connectivity index (χ3n) is 17.0. The van der Waals surface area contributed by atoms with E-state index >= 15 is 0 Å². The zero-order valence-corrected chi connectivity index (χ0v) is 41.6. The third kappa shape index (κ3) is 5.76. The summed E-state index contributed by atoms with van der Waals surface area (Å²) in [6, 6.07) is 109. The lowest BCUT2D eigenvalue weighted by Crippen LogP contribution is -2.36. The molecule has 2 heteroatoms. The minimum atomic E-state index is -0.678. The fourth-order valence-electron chi connectivity index (χ4n) is 14.2. The van der Waals surface area contributed by atoms with Crippen LogP contribution in [0.3, 0.4) is 0 Å². The molecule has 0 fully saturated rings. The van der Waals surface area contributed by atoms with E-state index in [1.165, 1.54) is 106 Å². The summed E-state index contributed by atoms with van der Waals surface area (Å²) in [6.45, 7) is 0. The van der Waals surface area contributed by atoms with Gasteiger partial charge in [-0.1, -0.05) is 231 Å². The van der Waals surface area contributed by atoms with Gasteiger partial charge in [0.25, 0.3) is 0 Å². The van der Waals surface area contributed by atoms with E-state index in [4.69, 9.17) is 0 Å². The normalized spacial score (nSPS) is 15.2. The van der Waals surface area contributed by atoms with Gasteiger partial charge in [-0.05, 0) is 155 Å². The lowest BCUT2D eigenvalue weighted by molar-refractivity contribution is 0.753. The molecule has 0 saturated heterocycles. The summed E-state index contributed by atoms with van der Waals surface area (Å²) < 4.78 is 0. The van der Waals surface area contributed by atoms with Crippen LogP contribution >= 0.6 is 0 Å². The molecule has 2 nitrogen and oxygen atoms in total. The zero-order valence-electron chi connectivity index (χ0n) is 41.6.